The average molecular weight is 277 g/mol. The summed E-state index contributed by atoms with van der Waals surface area (Å²) in [5, 5.41) is 8.98. The van der Waals surface area contributed by atoms with Crippen LogP contribution in [0.4, 0.5) is 14.5 Å². The Bertz CT molecular complexity index is 569. The van der Waals surface area contributed by atoms with Gasteiger partial charge < -0.3 is 10.0 Å². The quantitative estimate of drug-likeness (QED) is 0.904. The first-order valence-corrected chi connectivity index (χ1v) is 6.52. The van der Waals surface area contributed by atoms with Gasteiger partial charge in [0.25, 0.3) is 0 Å². The third kappa shape index (κ3) is 3.33. The molecule has 2 nitrogen and oxygen atoms in total. The van der Waals surface area contributed by atoms with Crippen LogP contribution in [0, 0.1) is 11.6 Å². The van der Waals surface area contributed by atoms with Crippen LogP contribution in [-0.2, 0) is 13.2 Å². The lowest BCUT2D eigenvalue weighted by Crippen LogP contribution is -2.22. The summed E-state index contributed by atoms with van der Waals surface area (Å²) >= 11 is 0. The van der Waals surface area contributed by atoms with Gasteiger partial charge in [-0.2, -0.15) is 0 Å². The highest BCUT2D eigenvalue weighted by molar-refractivity contribution is 5.48. The molecule has 1 N–H and O–H groups in total. The monoisotopic (exact) mass is 277 g/mol. The molecule has 0 bridgehead atoms. The van der Waals surface area contributed by atoms with E-state index in [1.165, 1.54) is 18.2 Å². The van der Waals surface area contributed by atoms with Crippen molar-refractivity contribution < 1.29 is 13.9 Å². The van der Waals surface area contributed by atoms with Gasteiger partial charge in [0.05, 0.1) is 6.61 Å². The summed E-state index contributed by atoms with van der Waals surface area (Å²) in [6.45, 7) is 2.95. The van der Waals surface area contributed by atoms with Crippen molar-refractivity contribution in [3.05, 3.63) is 65.2 Å². The van der Waals surface area contributed by atoms with E-state index in [-0.39, 0.29) is 18.0 Å². The molecule has 2 aromatic rings. The fourth-order valence-electron chi connectivity index (χ4n) is 2.06. The van der Waals surface area contributed by atoms with Crippen molar-refractivity contribution in [1.29, 1.82) is 0 Å². The highest BCUT2D eigenvalue weighted by atomic mass is 19.1. The van der Waals surface area contributed by atoms with Crippen LogP contribution < -0.4 is 4.90 Å². The normalized spacial score (nSPS) is 10.6. The highest BCUT2D eigenvalue weighted by Gasteiger charge is 2.09. The van der Waals surface area contributed by atoms with Crippen molar-refractivity contribution in [3.8, 4) is 0 Å². The minimum Gasteiger partial charge on any atom is -0.392 e. The lowest BCUT2D eigenvalue weighted by Gasteiger charge is -2.23. The van der Waals surface area contributed by atoms with Gasteiger partial charge in [0.1, 0.15) is 11.6 Å². The van der Waals surface area contributed by atoms with Crippen LogP contribution in [0.15, 0.2) is 42.5 Å². The number of aliphatic hydroxyl groups is 1. The molecule has 20 heavy (non-hydrogen) atoms. The lowest BCUT2D eigenvalue weighted by atomic mass is 10.1. The van der Waals surface area contributed by atoms with Gasteiger partial charge in [0.15, 0.2) is 0 Å². The summed E-state index contributed by atoms with van der Waals surface area (Å²) in [6, 6.07) is 11.0. The molecule has 106 valence electrons. The van der Waals surface area contributed by atoms with Gasteiger partial charge in [-0.05, 0) is 36.8 Å². The Balaban J connectivity index is 2.19. The number of aliphatic hydroxyl groups excluding tert-OH is 1. The third-order valence-electron chi connectivity index (χ3n) is 3.24. The first kappa shape index (κ1) is 14.5. The zero-order valence-electron chi connectivity index (χ0n) is 11.3. The van der Waals surface area contributed by atoms with Gasteiger partial charge in [-0.3, -0.25) is 0 Å². The summed E-state index contributed by atoms with van der Waals surface area (Å²) in [7, 11) is 0. The molecule has 0 saturated carbocycles. The van der Waals surface area contributed by atoms with Gasteiger partial charge in [0, 0.05) is 24.3 Å². The molecule has 0 heterocycles. The smallest absolute Gasteiger partial charge is 0.130 e. The van der Waals surface area contributed by atoms with Crippen molar-refractivity contribution >= 4 is 5.69 Å². The Kier molecular flexibility index (Phi) is 4.69. The van der Waals surface area contributed by atoms with E-state index in [2.05, 4.69) is 0 Å². The maximum Gasteiger partial charge on any atom is 0.130 e. The number of halogens is 2. The number of hydrogen-bond acceptors (Lipinski definition) is 2. The van der Waals surface area contributed by atoms with Crippen LogP contribution in [0.3, 0.4) is 0 Å². The summed E-state index contributed by atoms with van der Waals surface area (Å²) in [5.74, 6) is -0.683. The van der Waals surface area contributed by atoms with Gasteiger partial charge >= 0.3 is 0 Å². The second kappa shape index (κ2) is 6.48. The second-order valence-electron chi connectivity index (χ2n) is 4.57. The molecule has 0 fully saturated rings. The molecular formula is C16H17F2NO. The average Bonchev–Trinajstić information content (AvgIpc) is 2.46. The van der Waals surface area contributed by atoms with E-state index in [9.17, 15) is 8.78 Å². The Hall–Kier alpha value is -1.94. The Morgan fingerprint density at radius 3 is 2.30 bits per heavy atom. The first-order valence-electron chi connectivity index (χ1n) is 6.52. The Labute approximate surface area is 117 Å². The van der Waals surface area contributed by atoms with E-state index in [1.54, 1.807) is 24.3 Å². The predicted octanol–water partition coefficient (Wildman–Crippen LogP) is 3.48. The Morgan fingerprint density at radius 2 is 1.75 bits per heavy atom. The molecule has 0 amide bonds. The van der Waals surface area contributed by atoms with Crippen LogP contribution in [0.5, 0.6) is 0 Å². The lowest BCUT2D eigenvalue weighted by molar-refractivity contribution is 0.276. The molecule has 0 aliphatic rings. The summed E-state index contributed by atoms with van der Waals surface area (Å²) < 4.78 is 26.6. The molecule has 0 atom stereocenters. The topological polar surface area (TPSA) is 23.5 Å². The molecule has 0 aliphatic carbocycles. The van der Waals surface area contributed by atoms with E-state index in [4.69, 9.17) is 5.11 Å². The van der Waals surface area contributed by atoms with Gasteiger partial charge in [-0.1, -0.05) is 18.2 Å². The van der Waals surface area contributed by atoms with E-state index in [0.29, 0.717) is 13.1 Å². The fraction of sp³-hybridized carbons (Fsp3) is 0.250. The zero-order valence-corrected chi connectivity index (χ0v) is 11.3. The number of anilines is 1. The van der Waals surface area contributed by atoms with Crippen molar-refractivity contribution in [1.82, 2.24) is 0 Å². The van der Waals surface area contributed by atoms with E-state index >= 15 is 0 Å². The molecule has 0 aromatic heterocycles. The number of benzene rings is 2. The van der Waals surface area contributed by atoms with Crippen molar-refractivity contribution in [2.24, 2.45) is 0 Å². The molecule has 0 unspecified atom stereocenters. The summed E-state index contributed by atoms with van der Waals surface area (Å²) in [4.78, 5) is 1.98. The third-order valence-corrected chi connectivity index (χ3v) is 3.24. The minimum absolute atomic E-state index is 0.268. The molecule has 4 heteroatoms. The van der Waals surface area contributed by atoms with Gasteiger partial charge in [-0.25, -0.2) is 8.78 Å². The number of hydrogen-bond donors (Lipinski definition) is 1. The zero-order chi connectivity index (χ0) is 14.5. The van der Waals surface area contributed by atoms with Crippen LogP contribution in [0.2, 0.25) is 0 Å². The molecular weight excluding hydrogens is 260 g/mol. The van der Waals surface area contributed by atoms with E-state index in [0.717, 1.165) is 11.3 Å². The predicted molar refractivity (Wildman–Crippen MR) is 75.4 cm³/mol. The molecule has 0 radical (unpaired) electrons. The second-order valence-corrected chi connectivity index (χ2v) is 4.57. The van der Waals surface area contributed by atoms with Gasteiger partial charge in [-0.15, -0.1) is 0 Å². The standard InChI is InChI=1S/C16H17F2NO/c1-2-19(10-12-3-6-14(17)7-4-12)15-8-5-13(11-20)16(18)9-15/h3-9,20H,2,10-11H2,1H3. The number of rotatable bonds is 5. The maximum atomic E-state index is 13.7. The fourth-order valence-corrected chi connectivity index (χ4v) is 2.06. The minimum atomic E-state index is -0.414. The number of nitrogens with zero attached hydrogens (tertiary/aromatic N) is 1. The van der Waals surface area contributed by atoms with Crippen LogP contribution >= 0.6 is 0 Å². The molecule has 0 spiro atoms. The summed E-state index contributed by atoms with van der Waals surface area (Å²) in [5.41, 5.74) is 1.98. The SMILES string of the molecule is CCN(Cc1ccc(F)cc1)c1ccc(CO)c(F)c1. The largest absolute Gasteiger partial charge is 0.392 e. The van der Waals surface area contributed by atoms with E-state index in [1.807, 2.05) is 11.8 Å². The molecule has 0 saturated heterocycles. The summed E-state index contributed by atoms with van der Waals surface area (Å²) in [6.07, 6.45) is 0. The van der Waals surface area contributed by atoms with Crippen molar-refractivity contribution in [2.45, 2.75) is 20.1 Å². The van der Waals surface area contributed by atoms with Gasteiger partial charge in [0.2, 0.25) is 0 Å². The highest BCUT2D eigenvalue weighted by Crippen LogP contribution is 2.21. The maximum absolute atomic E-state index is 13.7. The molecule has 0 aliphatic heterocycles. The van der Waals surface area contributed by atoms with Crippen LogP contribution in [0.1, 0.15) is 18.1 Å². The molecule has 2 rings (SSSR count). The van der Waals surface area contributed by atoms with Crippen LogP contribution in [-0.4, -0.2) is 11.7 Å². The molecule has 2 aromatic carbocycles. The van der Waals surface area contributed by atoms with Crippen LogP contribution in [0.25, 0.3) is 0 Å². The van der Waals surface area contributed by atoms with Crippen molar-refractivity contribution in [3.63, 3.8) is 0 Å². The van der Waals surface area contributed by atoms with Crippen molar-refractivity contribution in [2.75, 3.05) is 11.4 Å². The van der Waals surface area contributed by atoms with E-state index < -0.39 is 5.82 Å². The Morgan fingerprint density at radius 1 is 1.05 bits per heavy atom. The first-order chi connectivity index (χ1) is 9.63.